The van der Waals surface area contributed by atoms with Crippen LogP contribution in [-0.2, 0) is 10.3 Å². The Bertz CT molecular complexity index is 832. The van der Waals surface area contributed by atoms with Crippen molar-refractivity contribution in [3.63, 3.8) is 0 Å². The van der Waals surface area contributed by atoms with E-state index < -0.39 is 10.5 Å². The van der Waals surface area contributed by atoms with E-state index in [0.717, 1.165) is 25.7 Å². The monoisotopic (exact) mass is 423 g/mol. The van der Waals surface area contributed by atoms with E-state index in [-0.39, 0.29) is 18.1 Å². The summed E-state index contributed by atoms with van der Waals surface area (Å²) in [6.07, 6.45) is 3.72. The number of nitrogens with zero attached hydrogens (tertiary/aromatic N) is 3. The van der Waals surface area contributed by atoms with Crippen LogP contribution in [-0.4, -0.2) is 27.5 Å². The van der Waals surface area contributed by atoms with E-state index in [1.807, 2.05) is 0 Å². The Kier molecular flexibility index (Phi) is 5.33. The highest BCUT2D eigenvalue weighted by Crippen LogP contribution is 2.37. The van der Waals surface area contributed by atoms with Gasteiger partial charge in [-0.05, 0) is 34.8 Å². The van der Waals surface area contributed by atoms with Crippen LogP contribution in [0.15, 0.2) is 27.2 Å². The van der Waals surface area contributed by atoms with Crippen LogP contribution in [0.4, 0.5) is 11.4 Å². The van der Waals surface area contributed by atoms with Gasteiger partial charge in [0.05, 0.1) is 22.7 Å². The minimum absolute atomic E-state index is 0.0506. The number of carbonyl (C=O) groups excluding carboxylic acids is 1. The summed E-state index contributed by atoms with van der Waals surface area (Å²) in [4.78, 5) is 26.9. The maximum absolute atomic E-state index is 12.3. The summed E-state index contributed by atoms with van der Waals surface area (Å²) in [6, 6.07) is 4.19. The van der Waals surface area contributed by atoms with Crippen LogP contribution in [0.25, 0.3) is 0 Å². The zero-order valence-electron chi connectivity index (χ0n) is 14.1. The van der Waals surface area contributed by atoms with Crippen LogP contribution in [0.5, 0.6) is 0 Å². The largest absolute Gasteiger partial charge is 0.340 e. The number of carbonyl (C=O) groups is 1. The minimum Gasteiger partial charge on any atom is -0.340 e. The molecule has 0 spiro atoms. The van der Waals surface area contributed by atoms with Gasteiger partial charge in [0, 0.05) is 23.5 Å². The Labute approximate surface area is 157 Å². The number of benzene rings is 1. The number of nitro groups is 1. The molecule has 26 heavy (non-hydrogen) atoms. The Balaban J connectivity index is 1.65. The Morgan fingerprint density at radius 1 is 1.42 bits per heavy atom. The first kappa shape index (κ1) is 18.5. The smallest absolute Gasteiger partial charge is 0.270 e. The number of anilines is 1. The molecule has 10 heteroatoms. The third-order valence-corrected chi connectivity index (χ3v) is 5.09. The second-order valence-electron chi connectivity index (χ2n) is 6.25. The molecule has 2 N–H and O–H groups in total. The fourth-order valence-corrected chi connectivity index (χ4v) is 3.58. The topological polar surface area (TPSA) is 123 Å². The van der Waals surface area contributed by atoms with Crippen LogP contribution >= 0.6 is 15.9 Å². The summed E-state index contributed by atoms with van der Waals surface area (Å²) in [5.41, 5.74) is -0.0365. The number of hydrogen-bond acceptors (Lipinski definition) is 7. The van der Waals surface area contributed by atoms with Gasteiger partial charge in [-0.2, -0.15) is 4.98 Å². The molecule has 0 saturated heterocycles. The molecule has 138 valence electrons. The van der Waals surface area contributed by atoms with Crippen molar-refractivity contribution in [2.75, 3.05) is 11.9 Å². The maximum Gasteiger partial charge on any atom is 0.270 e. The molecule has 0 unspecified atom stereocenters. The predicted molar refractivity (Wildman–Crippen MR) is 96.6 cm³/mol. The third-order valence-electron chi connectivity index (χ3n) is 4.44. The highest BCUT2D eigenvalue weighted by Gasteiger charge is 2.39. The fourth-order valence-electron chi connectivity index (χ4n) is 3.11. The molecule has 1 aromatic carbocycles. The summed E-state index contributed by atoms with van der Waals surface area (Å²) >= 11 is 3.24. The number of amides is 1. The highest BCUT2D eigenvalue weighted by molar-refractivity contribution is 9.10. The molecule has 1 aliphatic carbocycles. The molecule has 0 atom stereocenters. The van der Waals surface area contributed by atoms with Gasteiger partial charge in [-0.3, -0.25) is 20.2 Å². The van der Waals surface area contributed by atoms with Gasteiger partial charge in [0.2, 0.25) is 11.8 Å². The van der Waals surface area contributed by atoms with Crippen molar-refractivity contribution < 1.29 is 14.2 Å². The highest BCUT2D eigenvalue weighted by atomic mass is 79.9. The molecule has 1 fully saturated rings. The first-order valence-electron chi connectivity index (χ1n) is 8.19. The molecule has 0 radical (unpaired) electrons. The van der Waals surface area contributed by atoms with Crippen LogP contribution in [0, 0.1) is 17.0 Å². The van der Waals surface area contributed by atoms with Crippen molar-refractivity contribution in [3.05, 3.63) is 44.5 Å². The van der Waals surface area contributed by atoms with Gasteiger partial charge < -0.3 is 9.84 Å². The average Bonchev–Trinajstić information content (AvgIpc) is 3.24. The Hall–Kier alpha value is -2.33. The number of aryl methyl sites for hydroxylation is 1. The van der Waals surface area contributed by atoms with Gasteiger partial charge in [0.15, 0.2) is 5.82 Å². The Morgan fingerprint density at radius 3 is 2.73 bits per heavy atom. The first-order valence-corrected chi connectivity index (χ1v) is 8.98. The van der Waals surface area contributed by atoms with Gasteiger partial charge in [0.1, 0.15) is 0 Å². The second kappa shape index (κ2) is 7.50. The zero-order valence-corrected chi connectivity index (χ0v) is 15.7. The van der Waals surface area contributed by atoms with Crippen molar-refractivity contribution in [2.45, 2.75) is 38.1 Å². The number of nitro benzene ring substituents is 1. The predicted octanol–water partition coefficient (Wildman–Crippen LogP) is 3.05. The third kappa shape index (κ3) is 3.91. The number of rotatable bonds is 6. The van der Waals surface area contributed by atoms with Gasteiger partial charge in [0.25, 0.3) is 5.69 Å². The van der Waals surface area contributed by atoms with E-state index in [0.29, 0.717) is 21.9 Å². The van der Waals surface area contributed by atoms with Crippen molar-refractivity contribution in [2.24, 2.45) is 0 Å². The van der Waals surface area contributed by atoms with E-state index in [1.165, 1.54) is 18.2 Å². The van der Waals surface area contributed by atoms with E-state index in [4.69, 9.17) is 4.52 Å². The lowest BCUT2D eigenvalue weighted by atomic mass is 9.96. The van der Waals surface area contributed by atoms with E-state index in [1.54, 1.807) is 6.92 Å². The lowest BCUT2D eigenvalue weighted by Crippen LogP contribution is -2.44. The van der Waals surface area contributed by atoms with E-state index in [9.17, 15) is 14.9 Å². The summed E-state index contributed by atoms with van der Waals surface area (Å²) in [7, 11) is 0. The molecule has 9 nitrogen and oxygen atoms in total. The summed E-state index contributed by atoms with van der Waals surface area (Å²) in [5, 5.41) is 20.8. The van der Waals surface area contributed by atoms with Crippen molar-refractivity contribution in [1.82, 2.24) is 15.5 Å². The van der Waals surface area contributed by atoms with Crippen molar-refractivity contribution in [3.8, 4) is 0 Å². The molecule has 1 saturated carbocycles. The maximum atomic E-state index is 12.3. The molecular formula is C16H18BrN5O4. The number of aromatic nitrogens is 2. The molecule has 0 aliphatic heterocycles. The fraction of sp³-hybridized carbons (Fsp3) is 0.438. The molecule has 1 aliphatic rings. The van der Waals surface area contributed by atoms with Crippen LogP contribution < -0.4 is 10.6 Å². The van der Waals surface area contributed by atoms with Crippen LogP contribution in [0.3, 0.4) is 0 Å². The first-order chi connectivity index (χ1) is 12.4. The normalized spacial score (nSPS) is 15.8. The SMILES string of the molecule is Cc1nc(C2(NCC(=O)Nc3ccc([N+](=O)[O-])cc3Br)CCCC2)no1. The number of halogens is 1. The number of nitrogens with one attached hydrogen (secondary N) is 2. The Morgan fingerprint density at radius 2 is 2.15 bits per heavy atom. The molecule has 1 heterocycles. The van der Waals surface area contributed by atoms with Gasteiger partial charge >= 0.3 is 0 Å². The van der Waals surface area contributed by atoms with E-state index in [2.05, 4.69) is 36.7 Å². The quantitative estimate of drug-likeness (QED) is 0.540. The van der Waals surface area contributed by atoms with E-state index >= 15 is 0 Å². The summed E-state index contributed by atoms with van der Waals surface area (Å²) < 4.78 is 5.54. The van der Waals surface area contributed by atoms with Gasteiger partial charge in [-0.25, -0.2) is 0 Å². The van der Waals surface area contributed by atoms with Crippen LogP contribution in [0.2, 0.25) is 0 Å². The summed E-state index contributed by atoms with van der Waals surface area (Å²) in [6.45, 7) is 1.80. The molecule has 0 bridgehead atoms. The lowest BCUT2D eigenvalue weighted by molar-refractivity contribution is -0.384. The van der Waals surface area contributed by atoms with Gasteiger partial charge in [-0.15, -0.1) is 0 Å². The minimum atomic E-state index is -0.491. The standard InChI is InChI=1S/C16H18BrN5O4/c1-10-19-15(21-26-10)16(6-2-3-7-16)18-9-14(23)20-13-5-4-11(22(24)25)8-12(13)17/h4-5,8,18H,2-3,6-7,9H2,1H3,(H,20,23). The molecular weight excluding hydrogens is 406 g/mol. The molecule has 1 amide bonds. The van der Waals surface area contributed by atoms with Crippen LogP contribution in [0.1, 0.15) is 37.4 Å². The lowest BCUT2D eigenvalue weighted by Gasteiger charge is -2.26. The van der Waals surface area contributed by atoms with Gasteiger partial charge in [-0.1, -0.05) is 18.0 Å². The number of hydrogen-bond donors (Lipinski definition) is 2. The van der Waals surface area contributed by atoms with Crippen molar-refractivity contribution >= 4 is 33.2 Å². The second-order valence-corrected chi connectivity index (χ2v) is 7.10. The zero-order chi connectivity index (χ0) is 18.7. The molecule has 3 rings (SSSR count). The van der Waals surface area contributed by atoms with Crippen molar-refractivity contribution in [1.29, 1.82) is 0 Å². The molecule has 1 aromatic heterocycles. The number of non-ortho nitro benzene ring substituents is 1. The summed E-state index contributed by atoms with van der Waals surface area (Å²) in [5.74, 6) is 0.815. The average molecular weight is 424 g/mol. The molecule has 2 aromatic rings.